The number of aromatic nitrogens is 3. The van der Waals surface area contributed by atoms with Crippen LogP contribution in [0.5, 0.6) is 0 Å². The predicted molar refractivity (Wildman–Crippen MR) is 114 cm³/mol. The van der Waals surface area contributed by atoms with E-state index in [0.717, 1.165) is 0 Å². The van der Waals surface area contributed by atoms with Crippen molar-refractivity contribution in [3.05, 3.63) is 70.4 Å². The fourth-order valence-electron chi connectivity index (χ4n) is 2.84. The van der Waals surface area contributed by atoms with Crippen LogP contribution in [0.3, 0.4) is 0 Å². The quantitative estimate of drug-likeness (QED) is 0.602. The van der Waals surface area contributed by atoms with Crippen LogP contribution in [0.15, 0.2) is 54.1 Å². The first-order chi connectivity index (χ1) is 13.8. The number of allylic oxidation sites excluding steroid dienone is 1. The van der Waals surface area contributed by atoms with E-state index in [1.807, 2.05) is 32.0 Å². The summed E-state index contributed by atoms with van der Waals surface area (Å²) in [4.78, 5) is 29.8. The summed E-state index contributed by atoms with van der Waals surface area (Å²) in [7, 11) is 1.58. The first kappa shape index (κ1) is 20.8. The summed E-state index contributed by atoms with van der Waals surface area (Å²) in [6, 6.07) is 7.26. The Balaban J connectivity index is 2.08. The monoisotopic (exact) mass is 414 g/mol. The number of fused-ring (bicyclic) bond motifs is 1. The van der Waals surface area contributed by atoms with Gasteiger partial charge in [-0.3, -0.25) is 18.6 Å². The third-order valence-corrected chi connectivity index (χ3v) is 4.97. The topological polar surface area (TPSA) is 77.6 Å². The number of hydrogen-bond acceptors (Lipinski definition) is 4. The summed E-state index contributed by atoms with van der Waals surface area (Å²) in [6.45, 7) is 8.04. The minimum absolute atomic E-state index is 0.149. The van der Waals surface area contributed by atoms with E-state index in [9.17, 15) is 9.59 Å². The van der Waals surface area contributed by atoms with Crippen molar-refractivity contribution in [1.82, 2.24) is 19.3 Å². The molecule has 152 valence electrons. The van der Waals surface area contributed by atoms with Gasteiger partial charge in [-0.15, -0.1) is 6.58 Å². The lowest BCUT2D eigenvalue weighted by Gasteiger charge is -2.22. The molecule has 2 aromatic heterocycles. The molecule has 0 atom stereocenters. The van der Waals surface area contributed by atoms with Gasteiger partial charge >= 0.3 is 0 Å². The Hall–Kier alpha value is -2.90. The van der Waals surface area contributed by atoms with Crippen molar-refractivity contribution in [3.8, 4) is 11.3 Å². The summed E-state index contributed by atoms with van der Waals surface area (Å²) in [5.74, 6) is -0.382. The number of carbonyl (C=O) groups is 1. The van der Waals surface area contributed by atoms with Crippen molar-refractivity contribution in [2.75, 3.05) is 13.7 Å². The number of imidazole rings is 1. The Bertz CT molecular complexity index is 1130. The smallest absolute Gasteiger partial charge is 0.295 e. The second-order valence-electron chi connectivity index (χ2n) is 7.20. The van der Waals surface area contributed by atoms with Crippen LogP contribution < -0.4 is 10.9 Å². The number of hydrogen-bond donors (Lipinski definition) is 1. The molecule has 0 aliphatic rings. The molecule has 0 spiro atoms. The number of nitrogens with one attached hydrogen (secondary N) is 1. The van der Waals surface area contributed by atoms with Crippen molar-refractivity contribution in [1.29, 1.82) is 0 Å². The maximum Gasteiger partial charge on any atom is 0.295 e. The number of methoxy groups -OCH3 is 1. The average molecular weight is 415 g/mol. The van der Waals surface area contributed by atoms with Crippen LogP contribution >= 0.6 is 11.6 Å². The van der Waals surface area contributed by atoms with Crippen LogP contribution in [-0.4, -0.2) is 39.1 Å². The highest BCUT2D eigenvalue weighted by Gasteiger charge is 2.21. The lowest BCUT2D eigenvalue weighted by Crippen LogP contribution is -2.39. The third kappa shape index (κ3) is 4.26. The molecule has 1 aromatic carbocycles. The minimum atomic E-state index is -0.511. The zero-order valence-electron chi connectivity index (χ0n) is 16.6. The van der Waals surface area contributed by atoms with Gasteiger partial charge in [0.05, 0.1) is 11.3 Å². The first-order valence-corrected chi connectivity index (χ1v) is 9.47. The molecule has 0 aliphatic heterocycles. The van der Waals surface area contributed by atoms with E-state index >= 15 is 0 Å². The highest BCUT2D eigenvalue weighted by molar-refractivity contribution is 6.33. The lowest BCUT2D eigenvalue weighted by molar-refractivity contribution is 0.0228. The van der Waals surface area contributed by atoms with E-state index in [-0.39, 0.29) is 29.4 Å². The molecular formula is C21H23ClN4O3. The Morgan fingerprint density at radius 1 is 1.34 bits per heavy atom. The van der Waals surface area contributed by atoms with Gasteiger partial charge in [0, 0.05) is 43.2 Å². The molecule has 0 saturated heterocycles. The predicted octanol–water partition coefficient (Wildman–Crippen LogP) is 3.16. The molecule has 0 aliphatic carbocycles. The molecule has 0 unspecified atom stereocenters. The number of amides is 1. The fourth-order valence-corrected chi connectivity index (χ4v) is 3.07. The van der Waals surface area contributed by atoms with Gasteiger partial charge in [0.1, 0.15) is 5.69 Å². The van der Waals surface area contributed by atoms with Gasteiger partial charge in [-0.1, -0.05) is 35.9 Å². The highest BCUT2D eigenvalue weighted by Crippen LogP contribution is 2.27. The van der Waals surface area contributed by atoms with Gasteiger partial charge in [-0.2, -0.15) is 0 Å². The van der Waals surface area contributed by atoms with E-state index in [2.05, 4.69) is 16.9 Å². The largest absolute Gasteiger partial charge is 0.377 e. The molecule has 8 heteroatoms. The number of ether oxygens (including phenoxy) is 1. The van der Waals surface area contributed by atoms with Crippen LogP contribution in [0.4, 0.5) is 0 Å². The Morgan fingerprint density at radius 2 is 2.07 bits per heavy atom. The molecule has 0 radical (unpaired) electrons. The number of nitrogens with zero attached hydrogens (tertiary/aromatic N) is 3. The van der Waals surface area contributed by atoms with Gasteiger partial charge in [0.25, 0.3) is 11.5 Å². The zero-order valence-corrected chi connectivity index (χ0v) is 17.4. The summed E-state index contributed by atoms with van der Waals surface area (Å²) >= 11 is 6.35. The van der Waals surface area contributed by atoms with Gasteiger partial charge in [-0.25, -0.2) is 4.98 Å². The third-order valence-electron chi connectivity index (χ3n) is 4.64. The Labute approximate surface area is 173 Å². The molecule has 2 heterocycles. The van der Waals surface area contributed by atoms with Crippen molar-refractivity contribution in [3.63, 3.8) is 0 Å². The van der Waals surface area contributed by atoms with E-state index in [0.29, 0.717) is 22.8 Å². The highest BCUT2D eigenvalue weighted by atomic mass is 35.5. The van der Waals surface area contributed by atoms with Crippen molar-refractivity contribution < 1.29 is 9.53 Å². The van der Waals surface area contributed by atoms with Crippen LogP contribution in [0.25, 0.3) is 16.9 Å². The molecule has 0 saturated carbocycles. The number of halogens is 1. The van der Waals surface area contributed by atoms with Gasteiger partial charge in [0.2, 0.25) is 5.65 Å². The first-order valence-electron chi connectivity index (χ1n) is 9.09. The SMILES string of the molecule is C=CCn1c(-c2ccccc2Cl)cn2cc(C(=O)NCC(C)(C)OC)nc2c1=O. The molecular weight excluding hydrogens is 392 g/mol. The van der Waals surface area contributed by atoms with Crippen molar-refractivity contribution in [2.45, 2.75) is 26.0 Å². The fraction of sp³-hybridized carbons (Fsp3) is 0.286. The summed E-state index contributed by atoms with van der Waals surface area (Å²) in [6.07, 6.45) is 4.90. The van der Waals surface area contributed by atoms with E-state index < -0.39 is 5.60 Å². The molecule has 1 N–H and O–H groups in total. The molecule has 29 heavy (non-hydrogen) atoms. The molecule has 1 amide bonds. The van der Waals surface area contributed by atoms with Gasteiger partial charge in [0.15, 0.2) is 0 Å². The van der Waals surface area contributed by atoms with Crippen LogP contribution in [0.1, 0.15) is 24.3 Å². The van der Waals surface area contributed by atoms with Gasteiger partial charge in [-0.05, 0) is 19.9 Å². The Kier molecular flexibility index (Phi) is 5.91. The molecule has 0 fully saturated rings. The van der Waals surface area contributed by atoms with E-state index in [1.54, 1.807) is 29.8 Å². The second-order valence-corrected chi connectivity index (χ2v) is 7.61. The van der Waals surface area contributed by atoms with Crippen molar-refractivity contribution >= 4 is 23.2 Å². The Morgan fingerprint density at radius 3 is 2.72 bits per heavy atom. The summed E-state index contributed by atoms with van der Waals surface area (Å²) < 4.78 is 8.39. The number of carbonyl (C=O) groups excluding carboxylic acids is 1. The molecule has 3 rings (SSSR count). The summed E-state index contributed by atoms with van der Waals surface area (Å²) in [5, 5.41) is 3.30. The molecule has 3 aromatic rings. The summed E-state index contributed by atoms with van der Waals surface area (Å²) in [5.41, 5.74) is 0.769. The van der Waals surface area contributed by atoms with E-state index in [1.165, 1.54) is 10.8 Å². The zero-order chi connectivity index (χ0) is 21.2. The maximum atomic E-state index is 13.1. The second kappa shape index (κ2) is 8.23. The standard InChI is InChI=1S/C21H23ClN4O3/c1-5-10-26-17(14-8-6-7-9-15(14)22)12-25-11-16(24-18(25)20(26)28)19(27)23-13-21(2,3)29-4/h5-9,11-12H,1,10,13H2,2-4H3,(H,23,27). The maximum absolute atomic E-state index is 13.1. The van der Waals surface area contributed by atoms with Crippen LogP contribution in [0.2, 0.25) is 5.02 Å². The number of benzene rings is 1. The molecule has 0 bridgehead atoms. The molecule has 7 nitrogen and oxygen atoms in total. The number of rotatable bonds is 7. The van der Waals surface area contributed by atoms with Gasteiger partial charge < -0.3 is 10.1 Å². The minimum Gasteiger partial charge on any atom is -0.377 e. The normalized spacial score (nSPS) is 11.6. The van der Waals surface area contributed by atoms with E-state index in [4.69, 9.17) is 16.3 Å². The van der Waals surface area contributed by atoms with Crippen LogP contribution in [0, 0.1) is 0 Å². The lowest BCUT2D eigenvalue weighted by atomic mass is 10.1. The van der Waals surface area contributed by atoms with Crippen molar-refractivity contribution in [2.24, 2.45) is 0 Å². The van der Waals surface area contributed by atoms with Crippen LogP contribution in [-0.2, 0) is 11.3 Å². The average Bonchev–Trinajstić information content (AvgIpc) is 3.13.